The van der Waals surface area contributed by atoms with Gasteiger partial charge in [-0.1, -0.05) is 0 Å². The lowest BCUT2D eigenvalue weighted by molar-refractivity contribution is -0.105. The number of rotatable bonds is 3. The normalized spacial score (nSPS) is 23.8. The molecular formula is C14H19N3O. The van der Waals surface area contributed by atoms with Gasteiger partial charge in [0, 0.05) is 37.1 Å². The average molecular weight is 245 g/mol. The van der Waals surface area contributed by atoms with Crippen LogP contribution in [0.1, 0.15) is 12.8 Å². The molecule has 2 saturated heterocycles. The van der Waals surface area contributed by atoms with E-state index in [1.165, 1.54) is 31.6 Å². The average Bonchev–Trinajstić information content (AvgIpc) is 2.87. The number of piperazine rings is 1. The summed E-state index contributed by atoms with van der Waals surface area (Å²) in [7, 11) is 0. The van der Waals surface area contributed by atoms with Crippen LogP contribution in [-0.2, 0) is 4.79 Å². The van der Waals surface area contributed by atoms with Gasteiger partial charge in [0.15, 0.2) is 0 Å². The molecule has 2 heterocycles. The van der Waals surface area contributed by atoms with Gasteiger partial charge in [-0.2, -0.15) is 0 Å². The van der Waals surface area contributed by atoms with Crippen molar-refractivity contribution in [1.29, 1.82) is 0 Å². The summed E-state index contributed by atoms with van der Waals surface area (Å²) in [6.07, 6.45) is 3.40. The van der Waals surface area contributed by atoms with Crippen LogP contribution in [0.15, 0.2) is 24.3 Å². The van der Waals surface area contributed by atoms with Crippen molar-refractivity contribution in [2.45, 2.75) is 18.9 Å². The van der Waals surface area contributed by atoms with Crippen LogP contribution < -0.4 is 10.2 Å². The SMILES string of the molecule is O=CNc1ccc(N2CCN3CCCC3C2)cc1. The van der Waals surface area contributed by atoms with E-state index < -0.39 is 0 Å². The summed E-state index contributed by atoms with van der Waals surface area (Å²) in [4.78, 5) is 15.4. The highest BCUT2D eigenvalue weighted by Crippen LogP contribution is 2.26. The molecule has 3 rings (SSSR count). The Hall–Kier alpha value is -1.55. The number of hydrogen-bond acceptors (Lipinski definition) is 3. The second-order valence-electron chi connectivity index (χ2n) is 5.09. The van der Waals surface area contributed by atoms with Crippen LogP contribution >= 0.6 is 0 Å². The lowest BCUT2D eigenvalue weighted by atomic mass is 10.1. The van der Waals surface area contributed by atoms with Crippen molar-refractivity contribution in [3.8, 4) is 0 Å². The maximum Gasteiger partial charge on any atom is 0.211 e. The molecule has 0 spiro atoms. The van der Waals surface area contributed by atoms with E-state index in [-0.39, 0.29) is 0 Å². The van der Waals surface area contributed by atoms with Gasteiger partial charge in [-0.3, -0.25) is 9.69 Å². The summed E-state index contributed by atoms with van der Waals surface area (Å²) in [5, 5.41) is 2.67. The summed E-state index contributed by atoms with van der Waals surface area (Å²) < 4.78 is 0. The third-order valence-corrected chi connectivity index (χ3v) is 4.05. The van der Waals surface area contributed by atoms with Crippen molar-refractivity contribution in [2.75, 3.05) is 36.4 Å². The zero-order valence-corrected chi connectivity index (χ0v) is 10.5. The predicted molar refractivity (Wildman–Crippen MR) is 72.9 cm³/mol. The Bertz CT molecular complexity index is 418. The molecule has 0 radical (unpaired) electrons. The van der Waals surface area contributed by atoms with Gasteiger partial charge < -0.3 is 10.2 Å². The third kappa shape index (κ3) is 2.20. The molecule has 18 heavy (non-hydrogen) atoms. The molecule has 0 aliphatic carbocycles. The number of nitrogens with zero attached hydrogens (tertiary/aromatic N) is 2. The molecule has 1 aromatic carbocycles. The van der Waals surface area contributed by atoms with Gasteiger partial charge in [0.25, 0.3) is 0 Å². The molecule has 0 saturated carbocycles. The standard InChI is InChI=1S/C14H19N3O/c18-11-15-12-3-5-13(6-4-12)17-9-8-16-7-1-2-14(16)10-17/h3-6,11,14H,1-2,7-10H2,(H,15,18). The zero-order chi connectivity index (χ0) is 12.4. The van der Waals surface area contributed by atoms with E-state index >= 15 is 0 Å². The Labute approximate surface area is 108 Å². The quantitative estimate of drug-likeness (QED) is 0.821. The molecule has 0 bridgehead atoms. The molecule has 2 fully saturated rings. The van der Waals surface area contributed by atoms with E-state index in [0.29, 0.717) is 6.41 Å². The van der Waals surface area contributed by atoms with Crippen LogP contribution in [0.25, 0.3) is 0 Å². The Kier molecular flexibility index (Phi) is 3.19. The Morgan fingerprint density at radius 2 is 2.00 bits per heavy atom. The summed E-state index contributed by atoms with van der Waals surface area (Å²) in [5.74, 6) is 0. The highest BCUT2D eigenvalue weighted by atomic mass is 16.1. The largest absolute Gasteiger partial charge is 0.369 e. The highest BCUT2D eigenvalue weighted by molar-refractivity contribution is 5.72. The molecule has 2 aliphatic rings. The number of carbonyl (C=O) groups is 1. The Morgan fingerprint density at radius 1 is 1.17 bits per heavy atom. The summed E-state index contributed by atoms with van der Waals surface area (Å²) in [6, 6.07) is 8.86. The van der Waals surface area contributed by atoms with Crippen molar-refractivity contribution in [3.05, 3.63) is 24.3 Å². The van der Waals surface area contributed by atoms with Gasteiger partial charge >= 0.3 is 0 Å². The fourth-order valence-corrected chi connectivity index (χ4v) is 3.06. The van der Waals surface area contributed by atoms with E-state index in [9.17, 15) is 4.79 Å². The maximum atomic E-state index is 10.4. The second-order valence-corrected chi connectivity index (χ2v) is 5.09. The molecule has 1 amide bonds. The summed E-state index contributed by atoms with van der Waals surface area (Å²) >= 11 is 0. The fraction of sp³-hybridized carbons (Fsp3) is 0.500. The van der Waals surface area contributed by atoms with Crippen LogP contribution in [0.5, 0.6) is 0 Å². The third-order valence-electron chi connectivity index (χ3n) is 4.05. The monoisotopic (exact) mass is 245 g/mol. The van der Waals surface area contributed by atoms with Crippen LogP contribution in [0.2, 0.25) is 0 Å². The summed E-state index contributed by atoms with van der Waals surface area (Å²) in [6.45, 7) is 4.71. The molecule has 1 unspecified atom stereocenters. The van der Waals surface area contributed by atoms with Gasteiger partial charge in [-0.15, -0.1) is 0 Å². The predicted octanol–water partition coefficient (Wildman–Crippen LogP) is 1.54. The van der Waals surface area contributed by atoms with Gasteiger partial charge in [0.2, 0.25) is 6.41 Å². The van der Waals surface area contributed by atoms with Crippen LogP contribution in [0.4, 0.5) is 11.4 Å². The first kappa shape index (κ1) is 11.5. The number of carbonyl (C=O) groups excluding carboxylic acids is 1. The minimum absolute atomic E-state index is 0.715. The number of nitrogens with one attached hydrogen (secondary N) is 1. The smallest absolute Gasteiger partial charge is 0.211 e. The first-order valence-electron chi connectivity index (χ1n) is 6.66. The van der Waals surface area contributed by atoms with Crippen LogP contribution in [-0.4, -0.2) is 43.5 Å². The molecule has 4 nitrogen and oxygen atoms in total. The van der Waals surface area contributed by atoms with Gasteiger partial charge in [0.1, 0.15) is 0 Å². The molecule has 96 valence electrons. The van der Waals surface area contributed by atoms with Crippen molar-refractivity contribution in [3.63, 3.8) is 0 Å². The number of fused-ring (bicyclic) bond motifs is 1. The molecule has 1 atom stereocenters. The fourth-order valence-electron chi connectivity index (χ4n) is 3.06. The topological polar surface area (TPSA) is 35.6 Å². The van der Waals surface area contributed by atoms with E-state index in [4.69, 9.17) is 0 Å². The van der Waals surface area contributed by atoms with E-state index in [0.717, 1.165) is 24.8 Å². The lowest BCUT2D eigenvalue weighted by Gasteiger charge is -2.38. The van der Waals surface area contributed by atoms with Gasteiger partial charge in [0.05, 0.1) is 0 Å². The van der Waals surface area contributed by atoms with Crippen LogP contribution in [0.3, 0.4) is 0 Å². The van der Waals surface area contributed by atoms with Gasteiger partial charge in [-0.05, 0) is 43.7 Å². The zero-order valence-electron chi connectivity index (χ0n) is 10.5. The number of amides is 1. The minimum atomic E-state index is 0.715. The minimum Gasteiger partial charge on any atom is -0.369 e. The molecule has 4 heteroatoms. The highest BCUT2D eigenvalue weighted by Gasteiger charge is 2.30. The maximum absolute atomic E-state index is 10.4. The van der Waals surface area contributed by atoms with E-state index in [1.807, 2.05) is 12.1 Å². The van der Waals surface area contributed by atoms with Crippen molar-refractivity contribution >= 4 is 17.8 Å². The molecule has 0 aromatic heterocycles. The number of anilines is 2. The van der Waals surface area contributed by atoms with E-state index in [2.05, 4.69) is 27.2 Å². The first-order chi connectivity index (χ1) is 8.86. The van der Waals surface area contributed by atoms with Crippen molar-refractivity contribution in [2.24, 2.45) is 0 Å². The molecule has 1 aromatic rings. The van der Waals surface area contributed by atoms with Crippen LogP contribution in [0, 0.1) is 0 Å². The second kappa shape index (κ2) is 4.98. The Morgan fingerprint density at radius 3 is 2.78 bits per heavy atom. The Balaban J connectivity index is 1.68. The first-order valence-corrected chi connectivity index (χ1v) is 6.66. The molecular weight excluding hydrogens is 226 g/mol. The number of benzene rings is 1. The number of hydrogen-bond donors (Lipinski definition) is 1. The molecule has 2 aliphatic heterocycles. The van der Waals surface area contributed by atoms with Crippen molar-refractivity contribution < 1.29 is 4.79 Å². The lowest BCUT2D eigenvalue weighted by Crippen LogP contribution is -2.50. The van der Waals surface area contributed by atoms with Crippen molar-refractivity contribution in [1.82, 2.24) is 4.90 Å². The molecule has 1 N–H and O–H groups in total. The van der Waals surface area contributed by atoms with Gasteiger partial charge in [-0.25, -0.2) is 0 Å². The van der Waals surface area contributed by atoms with E-state index in [1.54, 1.807) is 0 Å². The summed E-state index contributed by atoms with van der Waals surface area (Å²) in [5.41, 5.74) is 2.12.